The molecule has 0 unspecified atom stereocenters. The van der Waals surface area contributed by atoms with E-state index in [0.717, 1.165) is 16.7 Å². The molecule has 1 aromatic heterocycles. The van der Waals surface area contributed by atoms with Gasteiger partial charge in [0.15, 0.2) is 0 Å². The smallest absolute Gasteiger partial charge is 0.307 e. The summed E-state index contributed by atoms with van der Waals surface area (Å²) < 4.78 is 5.22. The van der Waals surface area contributed by atoms with Crippen molar-refractivity contribution in [2.24, 2.45) is 0 Å². The minimum absolute atomic E-state index is 0.155. The topological polar surface area (TPSA) is 55.4 Å². The maximum atomic E-state index is 11.7. The van der Waals surface area contributed by atoms with Gasteiger partial charge in [-0.3, -0.25) is 9.59 Å². The zero-order chi connectivity index (χ0) is 15.9. The van der Waals surface area contributed by atoms with Crippen molar-refractivity contribution in [2.75, 3.05) is 6.54 Å². The summed E-state index contributed by atoms with van der Waals surface area (Å²) in [6.07, 6.45) is 0.169. The summed E-state index contributed by atoms with van der Waals surface area (Å²) in [7, 11) is 0. The lowest BCUT2D eigenvalue weighted by Gasteiger charge is -2.07. The Hall–Kier alpha value is -2.14. The first-order chi connectivity index (χ1) is 10.5. The van der Waals surface area contributed by atoms with Gasteiger partial charge in [-0.1, -0.05) is 35.4 Å². The molecule has 116 valence electrons. The maximum absolute atomic E-state index is 11.7. The van der Waals surface area contributed by atoms with Crippen molar-refractivity contribution in [3.05, 3.63) is 57.3 Å². The molecule has 0 aliphatic heterocycles. The van der Waals surface area contributed by atoms with Crippen LogP contribution in [0.15, 0.2) is 35.7 Å². The SMILES string of the molecule is Cc1cc(C)cc(COC(=O)CCNC(=O)c2cccs2)c1. The maximum Gasteiger partial charge on any atom is 0.307 e. The van der Waals surface area contributed by atoms with Crippen LogP contribution in [-0.2, 0) is 16.1 Å². The first kappa shape index (κ1) is 16.2. The van der Waals surface area contributed by atoms with E-state index in [1.807, 2.05) is 37.4 Å². The second-order valence-electron chi connectivity index (χ2n) is 5.14. The summed E-state index contributed by atoms with van der Waals surface area (Å²) in [6.45, 7) is 4.57. The summed E-state index contributed by atoms with van der Waals surface area (Å²) in [6, 6.07) is 9.64. The molecule has 1 amide bonds. The number of amides is 1. The Labute approximate surface area is 134 Å². The zero-order valence-electron chi connectivity index (χ0n) is 12.7. The van der Waals surface area contributed by atoms with Crippen LogP contribution in [0.5, 0.6) is 0 Å². The Kier molecular flexibility index (Phi) is 5.72. The van der Waals surface area contributed by atoms with Crippen molar-refractivity contribution < 1.29 is 14.3 Å². The highest BCUT2D eigenvalue weighted by molar-refractivity contribution is 7.12. The Morgan fingerprint density at radius 2 is 1.91 bits per heavy atom. The molecule has 5 heteroatoms. The van der Waals surface area contributed by atoms with E-state index in [1.54, 1.807) is 6.07 Å². The average molecular weight is 317 g/mol. The summed E-state index contributed by atoms with van der Waals surface area (Å²) in [5.41, 5.74) is 3.27. The van der Waals surface area contributed by atoms with Crippen LogP contribution in [-0.4, -0.2) is 18.4 Å². The normalized spacial score (nSPS) is 10.3. The van der Waals surface area contributed by atoms with Crippen molar-refractivity contribution in [2.45, 2.75) is 26.9 Å². The van der Waals surface area contributed by atoms with Crippen LogP contribution in [0.2, 0.25) is 0 Å². The Balaban J connectivity index is 1.71. The van der Waals surface area contributed by atoms with Gasteiger partial charge in [0.1, 0.15) is 6.61 Å². The average Bonchev–Trinajstić information content (AvgIpc) is 2.98. The third-order valence-electron chi connectivity index (χ3n) is 3.04. The highest BCUT2D eigenvalue weighted by atomic mass is 32.1. The number of aryl methyl sites for hydroxylation is 2. The lowest BCUT2D eigenvalue weighted by Crippen LogP contribution is -2.25. The van der Waals surface area contributed by atoms with Gasteiger partial charge in [0, 0.05) is 6.54 Å². The molecule has 4 nitrogen and oxygen atoms in total. The number of ether oxygens (including phenoxy) is 1. The molecule has 0 saturated heterocycles. The third kappa shape index (κ3) is 5.00. The van der Waals surface area contributed by atoms with Gasteiger partial charge in [0.2, 0.25) is 0 Å². The van der Waals surface area contributed by atoms with E-state index in [9.17, 15) is 9.59 Å². The van der Waals surface area contributed by atoms with Gasteiger partial charge in [0.25, 0.3) is 5.91 Å². The first-order valence-corrected chi connectivity index (χ1v) is 7.97. The largest absolute Gasteiger partial charge is 0.461 e. The molecule has 2 rings (SSSR count). The predicted octanol–water partition coefficient (Wildman–Crippen LogP) is 3.23. The highest BCUT2D eigenvalue weighted by Gasteiger charge is 2.08. The van der Waals surface area contributed by atoms with Crippen LogP contribution in [0, 0.1) is 13.8 Å². The molecule has 0 bridgehead atoms. The van der Waals surface area contributed by atoms with Gasteiger partial charge in [-0.15, -0.1) is 11.3 Å². The number of hydrogen-bond acceptors (Lipinski definition) is 4. The monoisotopic (exact) mass is 317 g/mol. The summed E-state index contributed by atoms with van der Waals surface area (Å²) in [5.74, 6) is -0.470. The number of nitrogens with one attached hydrogen (secondary N) is 1. The Bertz CT molecular complexity index is 630. The van der Waals surface area contributed by atoms with Gasteiger partial charge >= 0.3 is 5.97 Å². The third-order valence-corrected chi connectivity index (χ3v) is 3.91. The summed E-state index contributed by atoms with van der Waals surface area (Å²) in [5, 5.41) is 4.54. The number of esters is 1. The fraction of sp³-hybridized carbons (Fsp3) is 0.294. The molecule has 0 aliphatic carbocycles. The van der Waals surface area contributed by atoms with Crippen LogP contribution in [0.4, 0.5) is 0 Å². The van der Waals surface area contributed by atoms with Crippen molar-refractivity contribution in [1.29, 1.82) is 0 Å². The first-order valence-electron chi connectivity index (χ1n) is 7.09. The van der Waals surface area contributed by atoms with Crippen molar-refractivity contribution in [3.8, 4) is 0 Å². The fourth-order valence-corrected chi connectivity index (χ4v) is 2.80. The van der Waals surface area contributed by atoms with Gasteiger partial charge in [-0.05, 0) is 30.9 Å². The number of rotatable bonds is 6. The second-order valence-corrected chi connectivity index (χ2v) is 6.09. The van der Waals surface area contributed by atoms with E-state index in [0.29, 0.717) is 4.88 Å². The predicted molar refractivity (Wildman–Crippen MR) is 87.0 cm³/mol. The van der Waals surface area contributed by atoms with E-state index < -0.39 is 0 Å². The lowest BCUT2D eigenvalue weighted by molar-refractivity contribution is -0.144. The molecule has 0 atom stereocenters. The molecular weight excluding hydrogens is 298 g/mol. The number of carbonyl (C=O) groups is 2. The van der Waals surface area contributed by atoms with Crippen LogP contribution >= 0.6 is 11.3 Å². The van der Waals surface area contributed by atoms with E-state index >= 15 is 0 Å². The van der Waals surface area contributed by atoms with Crippen LogP contribution in [0.25, 0.3) is 0 Å². The number of carbonyl (C=O) groups excluding carboxylic acids is 2. The molecule has 0 fully saturated rings. The molecule has 1 heterocycles. The van der Waals surface area contributed by atoms with Crippen molar-refractivity contribution in [1.82, 2.24) is 5.32 Å². The fourth-order valence-electron chi connectivity index (χ4n) is 2.16. The van der Waals surface area contributed by atoms with Crippen molar-refractivity contribution >= 4 is 23.2 Å². The minimum Gasteiger partial charge on any atom is -0.461 e. The molecule has 1 N–H and O–H groups in total. The van der Waals surface area contributed by atoms with Crippen LogP contribution < -0.4 is 5.32 Å². The molecule has 2 aromatic rings. The van der Waals surface area contributed by atoms with Crippen molar-refractivity contribution in [3.63, 3.8) is 0 Å². The second kappa shape index (κ2) is 7.75. The molecular formula is C17H19NO3S. The molecule has 0 saturated carbocycles. The molecule has 22 heavy (non-hydrogen) atoms. The number of benzene rings is 1. The molecule has 0 radical (unpaired) electrons. The Morgan fingerprint density at radius 3 is 2.55 bits per heavy atom. The lowest BCUT2D eigenvalue weighted by atomic mass is 10.1. The minimum atomic E-state index is -0.314. The zero-order valence-corrected chi connectivity index (χ0v) is 13.5. The van der Waals surface area contributed by atoms with E-state index in [-0.39, 0.29) is 31.4 Å². The van der Waals surface area contributed by atoms with E-state index in [4.69, 9.17) is 4.74 Å². The van der Waals surface area contributed by atoms with Crippen LogP contribution in [0.3, 0.4) is 0 Å². The quantitative estimate of drug-likeness (QED) is 0.832. The Morgan fingerprint density at radius 1 is 1.18 bits per heavy atom. The summed E-state index contributed by atoms with van der Waals surface area (Å²) in [4.78, 5) is 24.0. The standard InChI is InChI=1S/C17H19NO3S/c1-12-8-13(2)10-14(9-12)11-21-16(19)5-6-18-17(20)15-4-3-7-22-15/h3-4,7-10H,5-6,11H2,1-2H3,(H,18,20). The van der Waals surface area contributed by atoms with Gasteiger partial charge in [0.05, 0.1) is 11.3 Å². The van der Waals surface area contributed by atoms with E-state index in [1.165, 1.54) is 11.3 Å². The molecule has 0 spiro atoms. The molecule has 1 aromatic carbocycles. The summed E-state index contributed by atoms with van der Waals surface area (Å²) >= 11 is 1.37. The van der Waals surface area contributed by atoms with E-state index in [2.05, 4.69) is 11.4 Å². The highest BCUT2D eigenvalue weighted by Crippen LogP contribution is 2.10. The van der Waals surface area contributed by atoms with Gasteiger partial charge in [-0.25, -0.2) is 0 Å². The molecule has 0 aliphatic rings. The van der Waals surface area contributed by atoms with Gasteiger partial charge in [-0.2, -0.15) is 0 Å². The van der Waals surface area contributed by atoms with Gasteiger partial charge < -0.3 is 10.1 Å². The number of thiophene rings is 1. The van der Waals surface area contributed by atoms with Crippen LogP contribution in [0.1, 0.15) is 32.8 Å². The number of hydrogen-bond donors (Lipinski definition) is 1.